The zero-order valence-electron chi connectivity index (χ0n) is 15.0. The first-order valence-corrected chi connectivity index (χ1v) is 8.77. The average molecular weight is 371 g/mol. The van der Waals surface area contributed by atoms with Crippen LogP contribution < -0.4 is 5.32 Å². The number of ether oxygens (including phenoxy) is 1. The number of nitrogens with zero attached hydrogens (tertiary/aromatic N) is 5. The van der Waals surface area contributed by atoms with E-state index in [1.54, 1.807) is 29.2 Å². The predicted molar refractivity (Wildman–Crippen MR) is 94.4 cm³/mol. The SMILES string of the molecule is CN1CC2(CCN(C(=O)NCc3nc(-c4ccncc4)n[nH]3)C2)OCC1=O. The van der Waals surface area contributed by atoms with Gasteiger partial charge in [-0.05, 0) is 18.6 Å². The molecule has 3 amide bonds. The maximum atomic E-state index is 12.5. The van der Waals surface area contributed by atoms with Crippen molar-refractivity contribution in [3.05, 3.63) is 30.4 Å². The summed E-state index contributed by atoms with van der Waals surface area (Å²) in [5.41, 5.74) is 0.397. The van der Waals surface area contributed by atoms with Crippen molar-refractivity contribution < 1.29 is 14.3 Å². The lowest BCUT2D eigenvalue weighted by Gasteiger charge is -2.38. The molecule has 1 atom stereocenters. The van der Waals surface area contributed by atoms with Crippen molar-refractivity contribution in [1.29, 1.82) is 0 Å². The Kier molecular flexibility index (Phi) is 4.48. The van der Waals surface area contributed by atoms with Crippen LogP contribution in [0.4, 0.5) is 4.79 Å². The highest BCUT2D eigenvalue weighted by Crippen LogP contribution is 2.29. The highest BCUT2D eigenvalue weighted by molar-refractivity contribution is 5.78. The van der Waals surface area contributed by atoms with Crippen LogP contribution in [0.3, 0.4) is 0 Å². The van der Waals surface area contributed by atoms with E-state index in [4.69, 9.17) is 4.74 Å². The number of urea groups is 1. The minimum atomic E-state index is -0.458. The van der Waals surface area contributed by atoms with Gasteiger partial charge < -0.3 is 19.9 Å². The van der Waals surface area contributed by atoms with Gasteiger partial charge in [0.05, 0.1) is 19.6 Å². The van der Waals surface area contributed by atoms with Gasteiger partial charge in [-0.3, -0.25) is 14.9 Å². The zero-order valence-corrected chi connectivity index (χ0v) is 15.0. The van der Waals surface area contributed by atoms with E-state index in [2.05, 4.69) is 25.5 Å². The van der Waals surface area contributed by atoms with Gasteiger partial charge in [-0.25, -0.2) is 9.78 Å². The van der Waals surface area contributed by atoms with E-state index in [1.807, 2.05) is 12.1 Å². The maximum Gasteiger partial charge on any atom is 0.317 e. The fourth-order valence-corrected chi connectivity index (χ4v) is 3.43. The lowest BCUT2D eigenvalue weighted by molar-refractivity contribution is -0.158. The number of aromatic nitrogens is 4. The van der Waals surface area contributed by atoms with Gasteiger partial charge in [0.1, 0.15) is 18.0 Å². The molecule has 0 aromatic carbocycles. The summed E-state index contributed by atoms with van der Waals surface area (Å²) in [6.45, 7) is 1.89. The molecule has 10 nitrogen and oxygen atoms in total. The molecule has 2 aliphatic heterocycles. The molecule has 0 saturated carbocycles. The van der Waals surface area contributed by atoms with Crippen molar-refractivity contribution in [2.24, 2.45) is 0 Å². The number of rotatable bonds is 3. The minimum absolute atomic E-state index is 0.0288. The Hall–Kier alpha value is -3.01. The van der Waals surface area contributed by atoms with Crippen LogP contribution in [0.15, 0.2) is 24.5 Å². The zero-order chi connectivity index (χ0) is 18.9. The summed E-state index contributed by atoms with van der Waals surface area (Å²) in [5.74, 6) is 1.10. The number of carbonyl (C=O) groups is 2. The molecule has 2 fully saturated rings. The Bertz CT molecular complexity index is 840. The summed E-state index contributed by atoms with van der Waals surface area (Å²) in [5, 5.41) is 9.85. The number of morpholine rings is 1. The van der Waals surface area contributed by atoms with Crippen molar-refractivity contribution in [3.63, 3.8) is 0 Å². The Morgan fingerprint density at radius 1 is 1.37 bits per heavy atom. The van der Waals surface area contributed by atoms with Gasteiger partial charge in [-0.1, -0.05) is 0 Å². The lowest BCUT2D eigenvalue weighted by Crippen LogP contribution is -2.55. The Morgan fingerprint density at radius 3 is 2.96 bits per heavy atom. The molecule has 2 saturated heterocycles. The molecule has 4 rings (SSSR count). The number of nitrogens with one attached hydrogen (secondary N) is 2. The fraction of sp³-hybridized carbons (Fsp3) is 0.471. The van der Waals surface area contributed by atoms with Gasteiger partial charge in [0, 0.05) is 31.5 Å². The quantitative estimate of drug-likeness (QED) is 0.785. The van der Waals surface area contributed by atoms with Gasteiger partial charge in [-0.15, -0.1) is 0 Å². The minimum Gasteiger partial charge on any atom is -0.361 e. The van der Waals surface area contributed by atoms with Crippen LogP contribution in [0.25, 0.3) is 11.4 Å². The highest BCUT2D eigenvalue weighted by atomic mass is 16.5. The number of aromatic amines is 1. The predicted octanol–water partition coefficient (Wildman–Crippen LogP) is 0.00940. The van der Waals surface area contributed by atoms with Crippen molar-refractivity contribution in [1.82, 2.24) is 35.3 Å². The molecule has 142 valence electrons. The van der Waals surface area contributed by atoms with Crippen LogP contribution in [0.1, 0.15) is 12.2 Å². The molecule has 0 bridgehead atoms. The summed E-state index contributed by atoms with van der Waals surface area (Å²) >= 11 is 0. The first-order valence-electron chi connectivity index (χ1n) is 8.77. The van der Waals surface area contributed by atoms with Crippen LogP contribution in [-0.4, -0.2) is 80.8 Å². The van der Waals surface area contributed by atoms with Crippen molar-refractivity contribution in [3.8, 4) is 11.4 Å². The van der Waals surface area contributed by atoms with Crippen LogP contribution in [0, 0.1) is 0 Å². The van der Waals surface area contributed by atoms with Crippen LogP contribution >= 0.6 is 0 Å². The summed E-state index contributed by atoms with van der Waals surface area (Å²) in [7, 11) is 1.76. The fourth-order valence-electron chi connectivity index (χ4n) is 3.43. The van der Waals surface area contributed by atoms with E-state index < -0.39 is 5.60 Å². The first-order chi connectivity index (χ1) is 13.0. The van der Waals surface area contributed by atoms with E-state index in [0.717, 1.165) is 5.56 Å². The van der Waals surface area contributed by atoms with Gasteiger partial charge >= 0.3 is 6.03 Å². The number of likely N-dealkylation sites (tertiary alicyclic amines) is 1. The second-order valence-electron chi connectivity index (χ2n) is 6.89. The van der Waals surface area contributed by atoms with Gasteiger partial charge in [0.25, 0.3) is 0 Å². The molecule has 2 aliphatic rings. The van der Waals surface area contributed by atoms with Gasteiger partial charge in [0.15, 0.2) is 5.82 Å². The molecule has 1 spiro atoms. The number of pyridine rings is 1. The summed E-state index contributed by atoms with van der Waals surface area (Å²) in [6, 6.07) is 3.46. The third-order valence-corrected chi connectivity index (χ3v) is 4.93. The highest BCUT2D eigenvalue weighted by Gasteiger charge is 2.45. The first kappa shape index (κ1) is 17.4. The Labute approximate surface area is 155 Å². The summed E-state index contributed by atoms with van der Waals surface area (Å²) in [4.78, 5) is 35.8. The Morgan fingerprint density at radius 2 is 2.19 bits per heavy atom. The largest absolute Gasteiger partial charge is 0.361 e. The topological polar surface area (TPSA) is 116 Å². The Balaban J connectivity index is 1.32. The lowest BCUT2D eigenvalue weighted by atomic mass is 10.0. The summed E-state index contributed by atoms with van der Waals surface area (Å²) in [6.07, 6.45) is 4.07. The molecular formula is C17H21N7O3. The van der Waals surface area contributed by atoms with Gasteiger partial charge in [-0.2, -0.15) is 5.10 Å². The van der Waals surface area contributed by atoms with Crippen LogP contribution in [0.2, 0.25) is 0 Å². The molecule has 2 N–H and O–H groups in total. The molecule has 10 heteroatoms. The molecule has 0 radical (unpaired) electrons. The number of amides is 3. The second-order valence-corrected chi connectivity index (χ2v) is 6.89. The summed E-state index contributed by atoms with van der Waals surface area (Å²) < 4.78 is 5.76. The molecule has 4 heterocycles. The third kappa shape index (κ3) is 3.61. The number of likely N-dealkylation sites (N-methyl/N-ethyl adjacent to an activating group) is 1. The van der Waals surface area contributed by atoms with E-state index in [9.17, 15) is 9.59 Å². The smallest absolute Gasteiger partial charge is 0.317 e. The van der Waals surface area contributed by atoms with Gasteiger partial charge in [0.2, 0.25) is 5.91 Å². The molecule has 2 aromatic rings. The van der Waals surface area contributed by atoms with E-state index >= 15 is 0 Å². The van der Waals surface area contributed by atoms with E-state index in [1.165, 1.54) is 0 Å². The number of hydrogen-bond donors (Lipinski definition) is 2. The standard InChI is InChI=1S/C17H21N7O3/c1-23-10-17(27-9-14(23)25)4-7-24(11-17)16(26)19-8-13-20-15(22-21-13)12-2-5-18-6-3-12/h2-3,5-6H,4,7-11H2,1H3,(H,19,26)(H,20,21,22). The monoisotopic (exact) mass is 371 g/mol. The van der Waals surface area contributed by atoms with E-state index in [0.29, 0.717) is 37.7 Å². The maximum absolute atomic E-state index is 12.5. The molecule has 1 unspecified atom stereocenters. The van der Waals surface area contributed by atoms with Crippen LogP contribution in [-0.2, 0) is 16.1 Å². The number of hydrogen-bond acceptors (Lipinski definition) is 6. The molecule has 0 aliphatic carbocycles. The molecule has 27 heavy (non-hydrogen) atoms. The average Bonchev–Trinajstić information content (AvgIpc) is 3.32. The normalized spacial score (nSPS) is 22.5. The third-order valence-electron chi connectivity index (χ3n) is 4.93. The van der Waals surface area contributed by atoms with Crippen molar-refractivity contribution >= 4 is 11.9 Å². The molecule has 2 aromatic heterocycles. The van der Waals surface area contributed by atoms with E-state index in [-0.39, 0.29) is 25.1 Å². The van der Waals surface area contributed by atoms with Crippen molar-refractivity contribution in [2.45, 2.75) is 18.6 Å². The second kappa shape index (κ2) is 6.95. The van der Waals surface area contributed by atoms with Crippen molar-refractivity contribution in [2.75, 3.05) is 33.3 Å². The number of carbonyl (C=O) groups excluding carboxylic acids is 2. The van der Waals surface area contributed by atoms with Crippen LogP contribution in [0.5, 0.6) is 0 Å². The number of H-pyrrole nitrogens is 1. The molecular weight excluding hydrogens is 350 g/mol.